The molecule has 0 spiro atoms. The number of ether oxygens (including phenoxy) is 2. The average Bonchev–Trinajstić information content (AvgIpc) is 2.51. The molecule has 2 atom stereocenters. The Balaban J connectivity index is 2.47. The maximum absolute atomic E-state index is 11.9. The van der Waals surface area contributed by atoms with E-state index >= 15 is 0 Å². The number of carbonyl (C=O) groups is 2. The molecule has 0 heterocycles. The lowest BCUT2D eigenvalue weighted by atomic mass is 9.62. The monoisotopic (exact) mass is 370 g/mol. The Morgan fingerprint density at radius 3 is 2.38 bits per heavy atom. The zero-order valence-corrected chi connectivity index (χ0v) is 17.3. The molecule has 1 aliphatic rings. The van der Waals surface area contributed by atoms with Crippen molar-refractivity contribution < 1.29 is 19.1 Å². The Morgan fingerprint density at radius 1 is 1.00 bits per heavy atom. The van der Waals surface area contributed by atoms with Crippen LogP contribution >= 0.6 is 0 Å². The highest BCUT2D eigenvalue weighted by atomic mass is 16.6. The van der Waals surface area contributed by atoms with Crippen LogP contribution in [-0.4, -0.2) is 38.0 Å². The molecule has 1 aliphatic carbocycles. The van der Waals surface area contributed by atoms with Crippen molar-refractivity contribution in [1.29, 1.82) is 0 Å². The molecule has 2 amide bonds. The van der Waals surface area contributed by atoms with Crippen molar-refractivity contribution in [3.63, 3.8) is 0 Å². The minimum Gasteiger partial charge on any atom is -0.450 e. The molecule has 0 saturated heterocycles. The van der Waals surface area contributed by atoms with Crippen LogP contribution in [0, 0.1) is 10.8 Å². The van der Waals surface area contributed by atoms with Gasteiger partial charge in [0.1, 0.15) is 0 Å². The van der Waals surface area contributed by atoms with Gasteiger partial charge in [-0.05, 0) is 43.4 Å². The Hall–Kier alpha value is -1.46. The summed E-state index contributed by atoms with van der Waals surface area (Å²) >= 11 is 0. The number of hydrogen-bond donors (Lipinski definition) is 2. The predicted molar refractivity (Wildman–Crippen MR) is 103 cm³/mol. The lowest BCUT2D eigenvalue weighted by Gasteiger charge is -2.46. The zero-order valence-electron chi connectivity index (χ0n) is 17.3. The molecule has 0 radical (unpaired) electrons. The van der Waals surface area contributed by atoms with Crippen LogP contribution in [0.3, 0.4) is 0 Å². The highest BCUT2D eigenvalue weighted by Gasteiger charge is 2.42. The van der Waals surface area contributed by atoms with Crippen molar-refractivity contribution in [3.05, 3.63) is 0 Å². The number of unbranched alkanes of at least 4 members (excludes halogenated alkanes) is 3. The first kappa shape index (κ1) is 22.6. The fraction of sp³-hybridized carbons (Fsp3) is 0.900. The minimum absolute atomic E-state index is 0.0506. The van der Waals surface area contributed by atoms with Gasteiger partial charge in [0.15, 0.2) is 0 Å². The SMILES string of the molecule is CCCCCCOC(=O)NCC1(C)CC(NC(=O)OCC)CC(C)(C)C1. The fourth-order valence-electron chi connectivity index (χ4n) is 4.24. The van der Waals surface area contributed by atoms with E-state index in [0.29, 0.717) is 19.8 Å². The highest BCUT2D eigenvalue weighted by Crippen LogP contribution is 2.45. The lowest BCUT2D eigenvalue weighted by molar-refractivity contribution is 0.0629. The topological polar surface area (TPSA) is 76.7 Å². The summed E-state index contributed by atoms with van der Waals surface area (Å²) < 4.78 is 10.3. The number of carbonyl (C=O) groups excluding carboxylic acids is 2. The molecule has 2 unspecified atom stereocenters. The van der Waals surface area contributed by atoms with Crippen LogP contribution < -0.4 is 10.6 Å². The molecule has 0 aromatic carbocycles. The van der Waals surface area contributed by atoms with Gasteiger partial charge in [-0.1, -0.05) is 47.0 Å². The molecule has 6 nitrogen and oxygen atoms in total. The molecule has 2 N–H and O–H groups in total. The van der Waals surface area contributed by atoms with Crippen molar-refractivity contribution in [1.82, 2.24) is 10.6 Å². The van der Waals surface area contributed by atoms with Gasteiger partial charge in [-0.15, -0.1) is 0 Å². The van der Waals surface area contributed by atoms with Crippen LogP contribution in [-0.2, 0) is 9.47 Å². The van der Waals surface area contributed by atoms with Crippen molar-refractivity contribution in [2.45, 2.75) is 85.6 Å². The Morgan fingerprint density at radius 2 is 1.73 bits per heavy atom. The molecule has 1 rings (SSSR count). The average molecular weight is 371 g/mol. The zero-order chi connectivity index (χ0) is 19.6. The van der Waals surface area contributed by atoms with Crippen LogP contribution in [0.25, 0.3) is 0 Å². The van der Waals surface area contributed by atoms with Gasteiger partial charge in [0.2, 0.25) is 0 Å². The van der Waals surface area contributed by atoms with Gasteiger partial charge >= 0.3 is 12.2 Å². The summed E-state index contributed by atoms with van der Waals surface area (Å²) in [4.78, 5) is 23.7. The van der Waals surface area contributed by atoms with Crippen molar-refractivity contribution >= 4 is 12.2 Å². The molecule has 26 heavy (non-hydrogen) atoms. The number of amides is 2. The summed E-state index contributed by atoms with van der Waals surface area (Å²) in [6.07, 6.45) is 6.34. The molecular formula is C20H38N2O4. The molecule has 0 aromatic rings. The van der Waals surface area contributed by atoms with Gasteiger partial charge in [0.25, 0.3) is 0 Å². The smallest absolute Gasteiger partial charge is 0.407 e. The standard InChI is InChI=1S/C20H38N2O4/c1-6-8-9-10-11-26-17(23)21-15-20(5)13-16(12-19(3,4)14-20)22-18(24)25-7-2/h16H,6-15H2,1-5H3,(H,21,23)(H,22,24). The third kappa shape index (κ3) is 8.77. The second-order valence-corrected chi connectivity index (χ2v) is 8.67. The summed E-state index contributed by atoms with van der Waals surface area (Å²) in [5.74, 6) is 0. The van der Waals surface area contributed by atoms with E-state index in [0.717, 1.165) is 32.1 Å². The molecular weight excluding hydrogens is 332 g/mol. The van der Waals surface area contributed by atoms with Gasteiger partial charge in [-0.2, -0.15) is 0 Å². The molecule has 152 valence electrons. The van der Waals surface area contributed by atoms with E-state index in [4.69, 9.17) is 9.47 Å². The highest BCUT2D eigenvalue weighted by molar-refractivity contribution is 5.68. The van der Waals surface area contributed by atoms with Crippen molar-refractivity contribution in [2.24, 2.45) is 10.8 Å². The Bertz CT molecular complexity index is 453. The first-order valence-electron chi connectivity index (χ1n) is 10.0. The predicted octanol–water partition coefficient (Wildman–Crippen LogP) is 4.62. The van der Waals surface area contributed by atoms with E-state index in [9.17, 15) is 9.59 Å². The van der Waals surface area contributed by atoms with E-state index in [1.165, 1.54) is 12.8 Å². The van der Waals surface area contributed by atoms with Gasteiger partial charge in [0, 0.05) is 12.6 Å². The molecule has 0 aliphatic heterocycles. The van der Waals surface area contributed by atoms with Crippen LogP contribution in [0.2, 0.25) is 0 Å². The number of hydrogen-bond acceptors (Lipinski definition) is 4. The van der Waals surface area contributed by atoms with E-state index in [1.807, 2.05) is 0 Å². The van der Waals surface area contributed by atoms with Crippen molar-refractivity contribution in [3.8, 4) is 0 Å². The Kier molecular flexibility index (Phi) is 9.23. The van der Waals surface area contributed by atoms with Crippen LogP contribution in [0.1, 0.15) is 79.6 Å². The lowest BCUT2D eigenvalue weighted by Crippen LogP contribution is -2.50. The quantitative estimate of drug-likeness (QED) is 0.580. The van der Waals surface area contributed by atoms with E-state index < -0.39 is 0 Å². The van der Waals surface area contributed by atoms with Crippen LogP contribution in [0.5, 0.6) is 0 Å². The van der Waals surface area contributed by atoms with Gasteiger partial charge in [0.05, 0.1) is 13.2 Å². The Labute approximate surface area is 158 Å². The minimum atomic E-state index is -0.364. The van der Waals surface area contributed by atoms with E-state index in [-0.39, 0.29) is 29.1 Å². The normalized spacial score (nSPS) is 24.6. The summed E-state index contributed by atoms with van der Waals surface area (Å²) in [5.41, 5.74) is -0.00393. The van der Waals surface area contributed by atoms with Gasteiger partial charge < -0.3 is 20.1 Å². The van der Waals surface area contributed by atoms with Crippen LogP contribution in [0.4, 0.5) is 9.59 Å². The second-order valence-electron chi connectivity index (χ2n) is 8.67. The van der Waals surface area contributed by atoms with E-state index in [1.54, 1.807) is 6.92 Å². The first-order valence-corrected chi connectivity index (χ1v) is 10.0. The summed E-state index contributed by atoms with van der Waals surface area (Å²) in [6.45, 7) is 11.9. The fourth-order valence-corrected chi connectivity index (χ4v) is 4.24. The maximum Gasteiger partial charge on any atom is 0.407 e. The summed E-state index contributed by atoms with van der Waals surface area (Å²) in [5, 5.41) is 5.88. The number of nitrogens with one attached hydrogen (secondary N) is 2. The molecule has 6 heteroatoms. The summed E-state index contributed by atoms with van der Waals surface area (Å²) in [7, 11) is 0. The third-order valence-corrected chi connectivity index (χ3v) is 4.93. The molecule has 0 aromatic heterocycles. The van der Waals surface area contributed by atoms with Crippen molar-refractivity contribution in [2.75, 3.05) is 19.8 Å². The summed E-state index contributed by atoms with van der Waals surface area (Å²) in [6, 6.07) is 0.0506. The third-order valence-electron chi connectivity index (χ3n) is 4.93. The largest absolute Gasteiger partial charge is 0.450 e. The number of rotatable bonds is 9. The van der Waals surface area contributed by atoms with Gasteiger partial charge in [-0.3, -0.25) is 0 Å². The van der Waals surface area contributed by atoms with Crippen LogP contribution in [0.15, 0.2) is 0 Å². The number of alkyl carbamates (subject to hydrolysis) is 2. The molecule has 0 bridgehead atoms. The first-order chi connectivity index (χ1) is 12.2. The molecule has 1 fully saturated rings. The maximum atomic E-state index is 11.9. The van der Waals surface area contributed by atoms with Gasteiger partial charge in [-0.25, -0.2) is 9.59 Å². The second kappa shape index (κ2) is 10.6. The molecule has 1 saturated carbocycles. The van der Waals surface area contributed by atoms with E-state index in [2.05, 4.69) is 38.3 Å².